The van der Waals surface area contributed by atoms with Crippen LogP contribution in [0.4, 0.5) is 0 Å². The quantitative estimate of drug-likeness (QED) is 0.561. The van der Waals surface area contributed by atoms with Crippen molar-refractivity contribution in [1.82, 2.24) is 5.32 Å². The molecule has 1 N–H and O–H groups in total. The molecule has 1 rings (SSSR count). The number of hydrogen-bond acceptors (Lipinski definition) is 4. The van der Waals surface area contributed by atoms with E-state index in [-0.39, 0.29) is 0 Å². The lowest BCUT2D eigenvalue weighted by Crippen LogP contribution is -2.23. The standard InChI is InChI=1S/C15H25NO2S2/c1-4-5-6-11-16-12-13(2)19-14-7-9-15(10-8-14)20(3,17)18/h7-10,13,16H,4-6,11-12H2,1-3H3. The zero-order valence-corrected chi connectivity index (χ0v) is 14.2. The van der Waals surface area contributed by atoms with Crippen LogP contribution in [0.1, 0.15) is 33.1 Å². The van der Waals surface area contributed by atoms with Gasteiger partial charge in [0.25, 0.3) is 0 Å². The first kappa shape index (κ1) is 17.5. The van der Waals surface area contributed by atoms with Gasteiger partial charge in [-0.3, -0.25) is 0 Å². The van der Waals surface area contributed by atoms with Crippen molar-refractivity contribution in [3.8, 4) is 0 Å². The van der Waals surface area contributed by atoms with Crippen molar-refractivity contribution in [3.05, 3.63) is 24.3 Å². The molecule has 20 heavy (non-hydrogen) atoms. The van der Waals surface area contributed by atoms with Gasteiger partial charge >= 0.3 is 0 Å². The third kappa shape index (κ3) is 6.77. The van der Waals surface area contributed by atoms with Crippen LogP contribution in [0, 0.1) is 0 Å². The molecule has 0 bridgehead atoms. The van der Waals surface area contributed by atoms with Crippen LogP contribution < -0.4 is 5.32 Å². The summed E-state index contributed by atoms with van der Waals surface area (Å²) < 4.78 is 22.8. The number of thioether (sulfide) groups is 1. The van der Waals surface area contributed by atoms with E-state index in [9.17, 15) is 8.42 Å². The Bertz CT molecular complexity index is 483. The molecule has 1 aromatic rings. The minimum Gasteiger partial charge on any atom is -0.316 e. The van der Waals surface area contributed by atoms with Crippen molar-refractivity contribution in [1.29, 1.82) is 0 Å². The third-order valence-electron chi connectivity index (χ3n) is 2.98. The smallest absolute Gasteiger partial charge is 0.175 e. The second-order valence-corrected chi connectivity index (χ2v) is 8.61. The van der Waals surface area contributed by atoms with Crippen molar-refractivity contribution < 1.29 is 8.42 Å². The summed E-state index contributed by atoms with van der Waals surface area (Å²) in [6.07, 6.45) is 5.00. The van der Waals surface area contributed by atoms with Crippen LogP contribution in [0.3, 0.4) is 0 Å². The Morgan fingerprint density at radius 3 is 2.40 bits per heavy atom. The zero-order chi connectivity index (χ0) is 15.0. The molecule has 0 amide bonds. The lowest BCUT2D eigenvalue weighted by molar-refractivity contribution is 0.602. The van der Waals surface area contributed by atoms with Gasteiger partial charge in [0.15, 0.2) is 9.84 Å². The van der Waals surface area contributed by atoms with Crippen LogP contribution >= 0.6 is 11.8 Å². The van der Waals surface area contributed by atoms with Gasteiger partial charge in [-0.1, -0.05) is 26.7 Å². The van der Waals surface area contributed by atoms with Gasteiger partial charge in [0.2, 0.25) is 0 Å². The van der Waals surface area contributed by atoms with Crippen molar-refractivity contribution in [2.75, 3.05) is 19.3 Å². The van der Waals surface area contributed by atoms with Gasteiger partial charge in [-0.05, 0) is 37.2 Å². The van der Waals surface area contributed by atoms with Crippen molar-refractivity contribution in [2.24, 2.45) is 0 Å². The first-order chi connectivity index (χ1) is 9.43. The molecule has 0 fully saturated rings. The molecule has 5 heteroatoms. The molecule has 1 unspecified atom stereocenters. The first-order valence-corrected chi connectivity index (χ1v) is 9.88. The number of unbranched alkanes of at least 4 members (excludes halogenated alkanes) is 2. The molecule has 0 saturated heterocycles. The fourth-order valence-corrected chi connectivity index (χ4v) is 3.43. The predicted octanol–water partition coefficient (Wildman–Crippen LogP) is 3.35. The van der Waals surface area contributed by atoms with Gasteiger partial charge in [-0.25, -0.2) is 8.42 Å². The summed E-state index contributed by atoms with van der Waals surface area (Å²) in [5.74, 6) is 0. The molecule has 0 aliphatic carbocycles. The molecule has 1 aromatic carbocycles. The van der Waals surface area contributed by atoms with Crippen molar-refractivity contribution in [3.63, 3.8) is 0 Å². The number of hydrogen-bond donors (Lipinski definition) is 1. The highest BCUT2D eigenvalue weighted by atomic mass is 32.2. The van der Waals surface area contributed by atoms with Crippen LogP contribution in [0.25, 0.3) is 0 Å². The summed E-state index contributed by atoms with van der Waals surface area (Å²) in [5, 5.41) is 3.93. The van der Waals surface area contributed by atoms with Gasteiger partial charge in [0.1, 0.15) is 0 Å². The van der Waals surface area contributed by atoms with E-state index in [1.165, 1.54) is 25.5 Å². The van der Waals surface area contributed by atoms with E-state index in [1.807, 2.05) is 12.1 Å². The summed E-state index contributed by atoms with van der Waals surface area (Å²) in [6, 6.07) is 7.13. The van der Waals surface area contributed by atoms with Gasteiger partial charge in [-0.2, -0.15) is 0 Å². The molecule has 0 aromatic heterocycles. The first-order valence-electron chi connectivity index (χ1n) is 7.11. The van der Waals surface area contributed by atoms with Crippen LogP contribution in [0.2, 0.25) is 0 Å². The largest absolute Gasteiger partial charge is 0.316 e. The van der Waals surface area contributed by atoms with Gasteiger partial charge in [0.05, 0.1) is 4.90 Å². The second-order valence-electron chi connectivity index (χ2n) is 5.08. The van der Waals surface area contributed by atoms with Crippen molar-refractivity contribution in [2.45, 2.75) is 48.2 Å². The Kier molecular flexibility index (Phi) is 7.62. The molecule has 0 saturated carbocycles. The highest BCUT2D eigenvalue weighted by Crippen LogP contribution is 2.24. The zero-order valence-electron chi connectivity index (χ0n) is 12.6. The molecule has 0 aliphatic rings. The normalized spacial score (nSPS) is 13.3. The fraction of sp³-hybridized carbons (Fsp3) is 0.600. The maximum absolute atomic E-state index is 11.4. The Morgan fingerprint density at radius 1 is 1.20 bits per heavy atom. The maximum Gasteiger partial charge on any atom is 0.175 e. The molecule has 0 aliphatic heterocycles. The number of rotatable bonds is 9. The van der Waals surface area contributed by atoms with Crippen LogP contribution in [0.15, 0.2) is 34.1 Å². The minimum atomic E-state index is -3.09. The summed E-state index contributed by atoms with van der Waals surface area (Å²) in [5.41, 5.74) is 0. The van der Waals surface area contributed by atoms with E-state index in [4.69, 9.17) is 0 Å². The van der Waals surface area contributed by atoms with E-state index in [2.05, 4.69) is 19.2 Å². The van der Waals surface area contributed by atoms with Crippen molar-refractivity contribution >= 4 is 21.6 Å². The Morgan fingerprint density at radius 2 is 1.85 bits per heavy atom. The molecule has 0 radical (unpaired) electrons. The average molecular weight is 316 g/mol. The maximum atomic E-state index is 11.4. The highest BCUT2D eigenvalue weighted by Gasteiger charge is 2.08. The Hall–Kier alpha value is -0.520. The molecule has 0 spiro atoms. The monoisotopic (exact) mass is 315 g/mol. The van der Waals surface area contributed by atoms with Gasteiger partial charge < -0.3 is 5.32 Å². The average Bonchev–Trinajstić information content (AvgIpc) is 2.38. The lowest BCUT2D eigenvalue weighted by atomic mass is 10.2. The molecule has 114 valence electrons. The lowest BCUT2D eigenvalue weighted by Gasteiger charge is -2.12. The number of nitrogens with one attached hydrogen (secondary N) is 1. The Labute approximate surface area is 127 Å². The van der Waals surface area contributed by atoms with E-state index in [0.717, 1.165) is 18.0 Å². The molecule has 1 atom stereocenters. The molecular weight excluding hydrogens is 290 g/mol. The van der Waals surface area contributed by atoms with Crippen LogP contribution in [-0.2, 0) is 9.84 Å². The second kappa shape index (κ2) is 8.70. The van der Waals surface area contributed by atoms with Gasteiger partial charge in [-0.15, -0.1) is 11.8 Å². The molecule has 0 heterocycles. The summed E-state index contributed by atoms with van der Waals surface area (Å²) in [7, 11) is -3.09. The summed E-state index contributed by atoms with van der Waals surface area (Å²) in [4.78, 5) is 1.49. The molecule has 3 nitrogen and oxygen atoms in total. The number of benzene rings is 1. The van der Waals surface area contributed by atoms with E-state index >= 15 is 0 Å². The SMILES string of the molecule is CCCCCNCC(C)Sc1ccc(S(C)(=O)=O)cc1. The highest BCUT2D eigenvalue weighted by molar-refractivity contribution is 8.00. The number of sulfone groups is 1. The van der Waals surface area contributed by atoms with Crippen LogP contribution in [0.5, 0.6) is 0 Å². The summed E-state index contributed by atoms with van der Waals surface area (Å²) in [6.45, 7) is 6.44. The van der Waals surface area contributed by atoms with E-state index in [0.29, 0.717) is 10.1 Å². The topological polar surface area (TPSA) is 46.2 Å². The summed E-state index contributed by atoms with van der Waals surface area (Å²) >= 11 is 1.77. The Balaban J connectivity index is 2.37. The fourth-order valence-electron chi connectivity index (χ4n) is 1.84. The van der Waals surface area contributed by atoms with E-state index in [1.54, 1.807) is 23.9 Å². The van der Waals surface area contributed by atoms with Gasteiger partial charge in [0, 0.05) is 22.9 Å². The van der Waals surface area contributed by atoms with Crippen LogP contribution in [-0.4, -0.2) is 33.0 Å². The third-order valence-corrected chi connectivity index (χ3v) is 5.22. The predicted molar refractivity (Wildman–Crippen MR) is 87.3 cm³/mol. The van der Waals surface area contributed by atoms with E-state index < -0.39 is 9.84 Å². The molecular formula is C15H25NO2S2. The minimum absolute atomic E-state index is 0.382.